The lowest BCUT2D eigenvalue weighted by Gasteiger charge is -2.13. The van der Waals surface area contributed by atoms with Crippen LogP contribution in [-0.4, -0.2) is 11.5 Å². The maximum Gasteiger partial charge on any atom is 0.160 e. The van der Waals surface area contributed by atoms with E-state index in [1.165, 1.54) is 11.1 Å². The summed E-state index contributed by atoms with van der Waals surface area (Å²) in [6.45, 7) is 0. The summed E-state index contributed by atoms with van der Waals surface area (Å²) in [4.78, 5) is 10.3. The van der Waals surface area contributed by atoms with Gasteiger partial charge >= 0.3 is 0 Å². The Morgan fingerprint density at radius 1 is 0.379 bits per heavy atom. The molecule has 9 aromatic rings. The fraction of sp³-hybridized carbons (Fsp3) is 0.0370. The topological polar surface area (TPSA) is 47.1 Å². The van der Waals surface area contributed by atoms with Crippen LogP contribution in [0.25, 0.3) is 61.0 Å². The smallest absolute Gasteiger partial charge is 0.160 e. The largest absolute Gasteiger partial charge is 0.457 e. The van der Waals surface area contributed by atoms with Gasteiger partial charge in [-0.05, 0) is 106 Å². The van der Waals surface area contributed by atoms with E-state index < -0.39 is 0 Å². The highest BCUT2D eigenvalue weighted by Gasteiger charge is 2.14. The van der Waals surface area contributed by atoms with E-state index in [4.69, 9.17) is 19.1 Å². The second kappa shape index (κ2) is 15.5. The van der Waals surface area contributed by atoms with Gasteiger partial charge in [0, 0.05) is 16.3 Å². The van der Waals surface area contributed by atoms with E-state index in [0.717, 1.165) is 96.6 Å². The molecule has 10 rings (SSSR count). The fourth-order valence-electron chi connectivity index (χ4n) is 7.62. The van der Waals surface area contributed by atoms with Crippen LogP contribution >= 0.6 is 0 Å². The van der Waals surface area contributed by atoms with Gasteiger partial charge in [0.15, 0.2) is 5.84 Å². The predicted octanol–water partition coefficient (Wildman–Crippen LogP) is 14.5. The Hall–Kier alpha value is -7.56. The number of nitrogens with zero attached hydrogens (tertiary/aromatic N) is 2. The number of amidine groups is 1. The Labute approximate surface area is 337 Å². The van der Waals surface area contributed by atoms with Gasteiger partial charge < -0.3 is 9.15 Å². The molecular formula is C54H38N2O2. The van der Waals surface area contributed by atoms with Crippen LogP contribution < -0.4 is 4.74 Å². The van der Waals surface area contributed by atoms with Crippen molar-refractivity contribution in [3.05, 3.63) is 223 Å². The summed E-state index contributed by atoms with van der Waals surface area (Å²) in [5.74, 6) is 2.27. The minimum absolute atomic E-state index is 0.711. The first-order valence-corrected chi connectivity index (χ1v) is 19.7. The number of aliphatic imine (C=N–C) groups is 2. The third kappa shape index (κ3) is 7.27. The molecule has 0 N–H and O–H groups in total. The predicted molar refractivity (Wildman–Crippen MR) is 240 cm³/mol. The number of hydrogen-bond donors (Lipinski definition) is 0. The molecule has 276 valence electrons. The van der Waals surface area contributed by atoms with Crippen molar-refractivity contribution in [3.8, 4) is 44.9 Å². The van der Waals surface area contributed by atoms with Crippen molar-refractivity contribution in [2.75, 3.05) is 0 Å². The lowest BCUT2D eigenvalue weighted by Crippen LogP contribution is -2.09. The Morgan fingerprint density at radius 3 is 1.36 bits per heavy atom. The molecule has 58 heavy (non-hydrogen) atoms. The number of ether oxygens (including phenoxy) is 1. The van der Waals surface area contributed by atoms with Crippen LogP contribution in [0, 0.1) is 0 Å². The minimum atomic E-state index is 0.711. The zero-order chi connectivity index (χ0) is 38.7. The fourth-order valence-corrected chi connectivity index (χ4v) is 7.62. The summed E-state index contributed by atoms with van der Waals surface area (Å²) in [7, 11) is 0. The molecule has 0 radical (unpaired) electrons. The number of benzene rings is 8. The third-order valence-electron chi connectivity index (χ3n) is 10.7. The van der Waals surface area contributed by atoms with Crippen molar-refractivity contribution in [1.82, 2.24) is 0 Å². The Bertz CT molecular complexity index is 2960. The highest BCUT2D eigenvalue weighted by atomic mass is 16.5. The minimum Gasteiger partial charge on any atom is -0.457 e. The van der Waals surface area contributed by atoms with Crippen LogP contribution in [0.3, 0.4) is 0 Å². The average molecular weight is 747 g/mol. The summed E-state index contributed by atoms with van der Waals surface area (Å²) in [6, 6.07) is 69.0. The molecule has 0 saturated heterocycles. The van der Waals surface area contributed by atoms with E-state index in [1.54, 1.807) is 0 Å². The molecule has 0 spiro atoms. The molecule has 0 fully saturated rings. The van der Waals surface area contributed by atoms with Gasteiger partial charge in [-0.15, -0.1) is 0 Å². The van der Waals surface area contributed by atoms with Crippen LogP contribution in [0.4, 0.5) is 0 Å². The third-order valence-corrected chi connectivity index (χ3v) is 10.7. The number of rotatable bonds is 8. The van der Waals surface area contributed by atoms with Gasteiger partial charge in [0.05, 0.1) is 11.4 Å². The molecule has 1 aliphatic rings. The zero-order valence-corrected chi connectivity index (χ0v) is 31.8. The van der Waals surface area contributed by atoms with Gasteiger partial charge in [0.1, 0.15) is 22.7 Å². The van der Waals surface area contributed by atoms with Gasteiger partial charge in [0.2, 0.25) is 0 Å². The first kappa shape index (κ1) is 34.9. The summed E-state index contributed by atoms with van der Waals surface area (Å²) < 4.78 is 12.5. The van der Waals surface area contributed by atoms with Crippen molar-refractivity contribution in [1.29, 1.82) is 0 Å². The normalized spacial score (nSPS) is 15.7. The molecule has 4 heteroatoms. The highest BCUT2D eigenvalue weighted by Crippen LogP contribution is 2.36. The quantitative estimate of drug-likeness (QED) is 0.155. The maximum atomic E-state index is 6.29. The standard InChI is InChI=1S/C54H38N2O2/c1-4-11-37(12-5-1)44-27-33-52-48(35-44)49-36-45(28-34-53(49)58-52)40-25-31-47(32-26-40)57-46-29-23-39(24-30-46)38-19-21-43(22-20-38)54-55-50(41-13-6-2-7-14-41)17-10-18-51(56-54)42-15-8-3-9-16-42/h1-9,11-17,19-36H,10,18H2/b50-17-,55-54-,56-51+. The first-order chi connectivity index (χ1) is 28.7. The Balaban J connectivity index is 0.857. The average Bonchev–Trinajstić information content (AvgIpc) is 3.65. The van der Waals surface area contributed by atoms with Crippen LogP contribution in [-0.2, 0) is 0 Å². The number of furan rings is 1. The second-order valence-corrected chi connectivity index (χ2v) is 14.5. The molecule has 1 aliphatic heterocycles. The molecule has 0 saturated carbocycles. The molecule has 0 amide bonds. The molecule has 0 aliphatic carbocycles. The number of hydrogen-bond acceptors (Lipinski definition) is 4. The first-order valence-electron chi connectivity index (χ1n) is 19.7. The van der Waals surface area contributed by atoms with Crippen molar-refractivity contribution < 1.29 is 9.15 Å². The van der Waals surface area contributed by atoms with Gasteiger partial charge in [-0.2, -0.15) is 0 Å². The summed E-state index contributed by atoms with van der Waals surface area (Å²) in [5.41, 5.74) is 13.8. The monoisotopic (exact) mass is 746 g/mol. The lowest BCUT2D eigenvalue weighted by atomic mass is 10.0. The van der Waals surface area contributed by atoms with Crippen molar-refractivity contribution in [2.45, 2.75) is 12.8 Å². The van der Waals surface area contributed by atoms with E-state index in [2.05, 4.69) is 164 Å². The molecule has 8 aromatic carbocycles. The summed E-state index contributed by atoms with van der Waals surface area (Å²) >= 11 is 0. The molecule has 2 heterocycles. The van der Waals surface area contributed by atoms with Crippen LogP contribution in [0.15, 0.2) is 221 Å². The van der Waals surface area contributed by atoms with Crippen molar-refractivity contribution >= 4 is 39.2 Å². The van der Waals surface area contributed by atoms with Crippen LogP contribution in [0.2, 0.25) is 0 Å². The van der Waals surface area contributed by atoms with Crippen LogP contribution in [0.1, 0.15) is 29.5 Å². The van der Waals surface area contributed by atoms with Crippen molar-refractivity contribution in [3.63, 3.8) is 0 Å². The van der Waals surface area contributed by atoms with E-state index in [1.807, 2.05) is 42.5 Å². The summed E-state index contributed by atoms with van der Waals surface area (Å²) in [5, 5.41) is 2.22. The summed E-state index contributed by atoms with van der Waals surface area (Å²) in [6.07, 6.45) is 3.94. The molecule has 0 atom stereocenters. The zero-order valence-electron chi connectivity index (χ0n) is 31.8. The Kier molecular flexibility index (Phi) is 9.34. The highest BCUT2D eigenvalue weighted by molar-refractivity contribution is 6.14. The van der Waals surface area contributed by atoms with E-state index >= 15 is 0 Å². The van der Waals surface area contributed by atoms with Gasteiger partial charge in [0.25, 0.3) is 0 Å². The SMILES string of the molecule is C1=C(c2ccccc2)/N=C(c2ccc(-c3ccc(Oc4ccc(-c5ccc6oc7ccc(-c8ccccc8)cc7c6c5)cc4)cc3)cc2)\N=C(\c2ccccc2)CC\1. The van der Waals surface area contributed by atoms with Crippen molar-refractivity contribution in [2.24, 2.45) is 9.98 Å². The molecule has 0 unspecified atom stereocenters. The van der Waals surface area contributed by atoms with Gasteiger partial charge in [-0.25, -0.2) is 9.98 Å². The molecule has 0 bridgehead atoms. The van der Waals surface area contributed by atoms with E-state index in [0.29, 0.717) is 5.84 Å². The van der Waals surface area contributed by atoms with Crippen LogP contribution in [0.5, 0.6) is 11.5 Å². The number of fused-ring (bicyclic) bond motifs is 3. The lowest BCUT2D eigenvalue weighted by molar-refractivity contribution is 0.483. The number of allylic oxidation sites excluding steroid dienone is 1. The Morgan fingerprint density at radius 2 is 0.810 bits per heavy atom. The van der Waals surface area contributed by atoms with E-state index in [9.17, 15) is 0 Å². The van der Waals surface area contributed by atoms with E-state index in [-0.39, 0.29) is 0 Å². The van der Waals surface area contributed by atoms with Gasteiger partial charge in [-0.1, -0.05) is 158 Å². The van der Waals surface area contributed by atoms with Gasteiger partial charge in [-0.3, -0.25) is 0 Å². The maximum absolute atomic E-state index is 6.29. The molecule has 1 aromatic heterocycles. The second-order valence-electron chi connectivity index (χ2n) is 14.5. The molecule has 4 nitrogen and oxygen atoms in total. The molecular weight excluding hydrogens is 709 g/mol.